The number of aryl methyl sites for hydroxylation is 2. The minimum absolute atomic E-state index is 0.125. The van der Waals surface area contributed by atoms with Crippen LogP contribution in [0.3, 0.4) is 0 Å². The lowest BCUT2D eigenvalue weighted by Crippen LogP contribution is -2.56. The lowest BCUT2D eigenvalue weighted by molar-refractivity contribution is 0.116. The number of hydrogen-bond acceptors (Lipinski definition) is 7. The van der Waals surface area contributed by atoms with E-state index in [-0.39, 0.29) is 23.0 Å². The van der Waals surface area contributed by atoms with E-state index in [1.54, 1.807) is 45.0 Å². The van der Waals surface area contributed by atoms with Crippen LogP contribution >= 0.6 is 0 Å². The van der Waals surface area contributed by atoms with Gasteiger partial charge in [-0.3, -0.25) is 0 Å². The summed E-state index contributed by atoms with van der Waals surface area (Å²) in [5, 5.41) is 4.46. The van der Waals surface area contributed by atoms with E-state index < -0.39 is 38.3 Å². The van der Waals surface area contributed by atoms with E-state index in [0.29, 0.717) is 0 Å². The van der Waals surface area contributed by atoms with Gasteiger partial charge in [0.05, 0.1) is 16.4 Å². The van der Waals surface area contributed by atoms with Crippen LogP contribution < -0.4 is 20.1 Å². The van der Waals surface area contributed by atoms with Crippen LogP contribution in [0.2, 0.25) is 0 Å². The third kappa shape index (κ3) is 8.04. The Kier molecular flexibility index (Phi) is 8.79. The number of nitrogens with one attached hydrogen (secondary N) is 4. The van der Waals surface area contributed by atoms with Crippen LogP contribution in [0.15, 0.2) is 58.3 Å². The van der Waals surface area contributed by atoms with Crippen LogP contribution in [-0.4, -0.2) is 48.3 Å². The maximum absolute atomic E-state index is 12.4. The first-order valence-electron chi connectivity index (χ1n) is 9.80. The molecule has 2 aromatic carbocycles. The number of amides is 4. The molecule has 0 aliphatic heterocycles. The third-order valence-electron chi connectivity index (χ3n) is 4.22. The Morgan fingerprint density at radius 2 is 1.12 bits per heavy atom. The Morgan fingerprint density at radius 3 is 1.45 bits per heavy atom. The van der Waals surface area contributed by atoms with Crippen LogP contribution in [0.5, 0.6) is 0 Å². The minimum Gasteiger partial charge on any atom is -0.378 e. The maximum Gasteiger partial charge on any atom is 0.330 e. The molecule has 0 heterocycles. The van der Waals surface area contributed by atoms with Crippen LogP contribution in [0.4, 0.5) is 9.59 Å². The second-order valence-electron chi connectivity index (χ2n) is 7.00. The molecule has 0 unspecified atom stereocenters. The van der Waals surface area contributed by atoms with Gasteiger partial charge in [-0.05, 0) is 45.0 Å². The molecule has 0 spiro atoms. The molecular formula is C20H26N4O7S2. The summed E-state index contributed by atoms with van der Waals surface area (Å²) in [5.74, 6) is 0. The van der Waals surface area contributed by atoms with Crippen molar-refractivity contribution in [2.75, 3.05) is 13.2 Å². The van der Waals surface area contributed by atoms with Gasteiger partial charge in [0.2, 0.25) is 0 Å². The van der Waals surface area contributed by atoms with Crippen molar-refractivity contribution in [3.8, 4) is 0 Å². The van der Waals surface area contributed by atoms with Crippen molar-refractivity contribution in [2.45, 2.75) is 36.7 Å². The molecule has 11 nitrogen and oxygen atoms in total. The van der Waals surface area contributed by atoms with Crippen molar-refractivity contribution in [1.29, 1.82) is 0 Å². The fourth-order valence-electron chi connectivity index (χ4n) is 2.53. The summed E-state index contributed by atoms with van der Waals surface area (Å²) in [5.41, 5.74) is 1.68. The number of sulfonamides is 2. The van der Waals surface area contributed by atoms with Crippen LogP contribution in [-0.2, 0) is 24.8 Å². The molecule has 0 radical (unpaired) electrons. The largest absolute Gasteiger partial charge is 0.378 e. The summed E-state index contributed by atoms with van der Waals surface area (Å²) < 4.78 is 58.3. The quantitative estimate of drug-likeness (QED) is 0.380. The fourth-order valence-corrected chi connectivity index (χ4v) is 4.36. The second-order valence-corrected chi connectivity index (χ2v) is 10.4. The number of hydrogen-bond donors (Lipinski definition) is 4. The molecule has 13 heteroatoms. The zero-order valence-corrected chi connectivity index (χ0v) is 19.9. The summed E-state index contributed by atoms with van der Waals surface area (Å²) in [6.45, 7) is 5.22. The zero-order chi connectivity index (χ0) is 24.6. The highest BCUT2D eigenvalue weighted by atomic mass is 32.2. The molecule has 0 bridgehead atoms. The zero-order valence-electron chi connectivity index (χ0n) is 18.3. The molecule has 0 saturated carbocycles. The van der Waals surface area contributed by atoms with E-state index in [2.05, 4.69) is 10.6 Å². The van der Waals surface area contributed by atoms with Gasteiger partial charge >= 0.3 is 12.1 Å². The first kappa shape index (κ1) is 26.1. The van der Waals surface area contributed by atoms with Crippen molar-refractivity contribution in [1.82, 2.24) is 20.1 Å². The van der Waals surface area contributed by atoms with Gasteiger partial charge in [-0.1, -0.05) is 35.4 Å². The number of urea groups is 2. The average Bonchev–Trinajstić information content (AvgIpc) is 2.71. The summed E-state index contributed by atoms with van der Waals surface area (Å²) in [6.07, 6.45) is -1.23. The molecule has 4 amide bonds. The van der Waals surface area contributed by atoms with Gasteiger partial charge in [-0.2, -0.15) is 0 Å². The van der Waals surface area contributed by atoms with Gasteiger partial charge in [0.15, 0.2) is 0 Å². The van der Waals surface area contributed by atoms with Gasteiger partial charge in [0.1, 0.15) is 6.17 Å². The fraction of sp³-hybridized carbons (Fsp3) is 0.300. The van der Waals surface area contributed by atoms with E-state index in [4.69, 9.17) is 4.74 Å². The second kappa shape index (κ2) is 11.1. The normalized spacial score (nSPS) is 11.6. The molecule has 0 aliphatic carbocycles. The molecule has 2 rings (SSSR count). The van der Waals surface area contributed by atoms with Gasteiger partial charge < -0.3 is 15.4 Å². The molecule has 0 aliphatic rings. The summed E-state index contributed by atoms with van der Waals surface area (Å²) in [7, 11) is -8.33. The predicted molar refractivity (Wildman–Crippen MR) is 120 cm³/mol. The molecule has 33 heavy (non-hydrogen) atoms. The monoisotopic (exact) mass is 498 g/mol. The van der Waals surface area contributed by atoms with Crippen molar-refractivity contribution in [3.63, 3.8) is 0 Å². The highest BCUT2D eigenvalue weighted by molar-refractivity contribution is 7.90. The average molecular weight is 499 g/mol. The Bertz CT molecular complexity index is 1090. The van der Waals surface area contributed by atoms with Gasteiger partial charge in [-0.25, -0.2) is 35.9 Å². The first-order valence-corrected chi connectivity index (χ1v) is 12.8. The van der Waals surface area contributed by atoms with E-state index in [1.165, 1.54) is 24.3 Å². The summed E-state index contributed by atoms with van der Waals surface area (Å²) in [6, 6.07) is 9.37. The van der Waals surface area contributed by atoms with Gasteiger partial charge in [0, 0.05) is 6.61 Å². The van der Waals surface area contributed by atoms with E-state index in [0.717, 1.165) is 11.1 Å². The number of rotatable bonds is 9. The van der Waals surface area contributed by atoms with Crippen LogP contribution in [0, 0.1) is 13.8 Å². The van der Waals surface area contributed by atoms with Crippen molar-refractivity contribution < 1.29 is 31.2 Å². The van der Waals surface area contributed by atoms with Crippen LogP contribution in [0.1, 0.15) is 18.1 Å². The molecule has 0 saturated heterocycles. The number of carbonyl (C=O) groups excluding carboxylic acids is 2. The first-order chi connectivity index (χ1) is 15.4. The molecule has 0 atom stereocenters. The summed E-state index contributed by atoms with van der Waals surface area (Å²) >= 11 is 0. The minimum atomic E-state index is -4.17. The Labute approximate surface area is 193 Å². The number of carbonyl (C=O) groups is 2. The summed E-state index contributed by atoms with van der Waals surface area (Å²) in [4.78, 5) is 24.2. The molecule has 2 aromatic rings. The lowest BCUT2D eigenvalue weighted by Gasteiger charge is -2.20. The maximum atomic E-state index is 12.4. The van der Waals surface area contributed by atoms with Crippen LogP contribution in [0.25, 0.3) is 0 Å². The molecular weight excluding hydrogens is 472 g/mol. The number of benzene rings is 2. The topological polar surface area (TPSA) is 160 Å². The molecule has 0 aromatic heterocycles. The van der Waals surface area contributed by atoms with Crippen molar-refractivity contribution in [2.24, 2.45) is 0 Å². The highest BCUT2D eigenvalue weighted by Gasteiger charge is 2.23. The Morgan fingerprint density at radius 1 is 0.758 bits per heavy atom. The molecule has 180 valence electrons. The van der Waals surface area contributed by atoms with Crippen molar-refractivity contribution >= 4 is 32.1 Å². The van der Waals surface area contributed by atoms with E-state index in [1.807, 2.05) is 9.44 Å². The van der Waals surface area contributed by atoms with E-state index in [9.17, 15) is 26.4 Å². The SMILES string of the molecule is CCOCC(NC(=O)NS(=O)(=O)c1ccc(C)cc1)NC(=O)NS(=O)(=O)c1ccc(C)cc1. The number of ether oxygens (including phenoxy) is 1. The standard InChI is InChI=1S/C20H26N4O7S2/c1-4-31-13-18(21-19(25)23-32(27,28)16-9-5-14(2)6-10-16)22-20(26)24-33(29,30)17-11-7-15(3)8-12-17/h5-12,18H,4,13H2,1-3H3,(H2,21,23,25)(H2,22,24,26). The predicted octanol–water partition coefficient (Wildman–Crippen LogP) is 1.34. The Balaban J connectivity index is 2.04. The van der Waals surface area contributed by atoms with E-state index >= 15 is 0 Å². The lowest BCUT2D eigenvalue weighted by atomic mass is 10.2. The smallest absolute Gasteiger partial charge is 0.330 e. The Hall–Kier alpha value is -3.16. The molecule has 4 N–H and O–H groups in total. The third-order valence-corrected chi connectivity index (χ3v) is 6.91. The highest BCUT2D eigenvalue weighted by Crippen LogP contribution is 2.10. The molecule has 0 fully saturated rings. The van der Waals surface area contributed by atoms with Gasteiger partial charge in [-0.15, -0.1) is 0 Å². The van der Waals surface area contributed by atoms with Gasteiger partial charge in [0.25, 0.3) is 20.0 Å². The van der Waals surface area contributed by atoms with Crippen molar-refractivity contribution in [3.05, 3.63) is 59.7 Å².